The number of benzene rings is 1. The van der Waals surface area contributed by atoms with Crippen molar-refractivity contribution in [3.63, 3.8) is 0 Å². The number of guanidine groups is 1. The number of alkyl halides is 3. The zero-order valence-corrected chi connectivity index (χ0v) is 29.2. The van der Waals surface area contributed by atoms with E-state index in [1.165, 1.54) is 6.07 Å². The van der Waals surface area contributed by atoms with Gasteiger partial charge in [-0.05, 0) is 110 Å². The van der Waals surface area contributed by atoms with Gasteiger partial charge in [0.2, 0.25) is 5.96 Å². The van der Waals surface area contributed by atoms with Crippen LogP contribution in [0.1, 0.15) is 79.2 Å². The number of carbonyl (C=O) groups excluding carboxylic acids is 1. The highest BCUT2D eigenvalue weighted by Gasteiger charge is 2.58. The first kappa shape index (κ1) is 35.4. The number of amides is 1. The van der Waals surface area contributed by atoms with Crippen molar-refractivity contribution in [2.24, 2.45) is 26.7 Å². The minimum atomic E-state index is -4.59. The van der Waals surface area contributed by atoms with Crippen LogP contribution in [-0.4, -0.2) is 96.6 Å². The number of nitrogens with zero attached hydrogens (tertiary/aromatic N) is 4. The molecular formula is C33H48F3N5O5S. The molecule has 14 heteroatoms. The molecule has 1 saturated carbocycles. The van der Waals surface area contributed by atoms with Gasteiger partial charge in [-0.1, -0.05) is 0 Å². The van der Waals surface area contributed by atoms with Crippen LogP contribution < -0.4 is 5.32 Å². The predicted molar refractivity (Wildman–Crippen MR) is 174 cm³/mol. The lowest BCUT2D eigenvalue weighted by molar-refractivity contribution is -0.191. The Morgan fingerprint density at radius 3 is 2.26 bits per heavy atom. The number of aryl methyl sites for hydroxylation is 1. The Morgan fingerprint density at radius 1 is 1.09 bits per heavy atom. The SMILES string of the molecule is Cc1cc(S(=O)(=O)C2CC3(CCN(C(=O)OC(C)(C)C)CC3)C2)ccc1NC1=NCC(C)(C(F)(F)F)C(N2CC[C@@H](C(C)(C)O)C2)=N1. The fraction of sp³-hybridized carbons (Fsp3) is 0.727. The molecule has 47 heavy (non-hydrogen) atoms. The minimum Gasteiger partial charge on any atom is -0.444 e. The highest BCUT2D eigenvalue weighted by atomic mass is 32.2. The van der Waals surface area contributed by atoms with Gasteiger partial charge in [0.15, 0.2) is 9.84 Å². The number of piperidine rings is 1. The van der Waals surface area contributed by atoms with Gasteiger partial charge in [-0.25, -0.2) is 18.2 Å². The van der Waals surface area contributed by atoms with Crippen molar-refractivity contribution in [3.05, 3.63) is 23.8 Å². The maximum absolute atomic E-state index is 14.3. The number of aliphatic imine (C=N–C) groups is 2. The highest BCUT2D eigenvalue weighted by molar-refractivity contribution is 7.92. The van der Waals surface area contributed by atoms with Crippen LogP contribution in [0, 0.1) is 23.7 Å². The third kappa shape index (κ3) is 7.13. The number of ether oxygens (including phenoxy) is 1. The average Bonchev–Trinajstić information content (AvgIpc) is 3.43. The third-order valence-electron chi connectivity index (χ3n) is 10.4. The number of rotatable bonds is 4. The number of sulfone groups is 1. The molecule has 5 rings (SSSR count). The van der Waals surface area contributed by atoms with Crippen LogP contribution in [-0.2, 0) is 14.6 Å². The molecule has 1 amide bonds. The monoisotopic (exact) mass is 683 g/mol. The van der Waals surface area contributed by atoms with Crippen LogP contribution in [0.2, 0.25) is 0 Å². The summed E-state index contributed by atoms with van der Waals surface area (Å²) in [6.45, 7) is 12.7. The number of amidine groups is 1. The Kier molecular flexibility index (Phi) is 8.99. The van der Waals surface area contributed by atoms with E-state index >= 15 is 0 Å². The largest absolute Gasteiger partial charge is 0.444 e. The zero-order valence-electron chi connectivity index (χ0n) is 28.4. The zero-order chi connectivity index (χ0) is 34.8. The average molecular weight is 684 g/mol. The molecule has 3 heterocycles. The number of likely N-dealkylation sites (tertiary alicyclic amines) is 2. The molecule has 10 nitrogen and oxygen atoms in total. The van der Waals surface area contributed by atoms with Crippen molar-refractivity contribution in [1.82, 2.24) is 9.80 Å². The Balaban J connectivity index is 1.25. The van der Waals surface area contributed by atoms with Crippen molar-refractivity contribution < 1.29 is 36.2 Å². The Bertz CT molecular complexity index is 1550. The second kappa shape index (κ2) is 11.9. The number of hydrogen-bond acceptors (Lipinski definition) is 9. The van der Waals surface area contributed by atoms with E-state index in [9.17, 15) is 31.5 Å². The molecule has 0 bridgehead atoms. The van der Waals surface area contributed by atoms with E-state index in [4.69, 9.17) is 4.74 Å². The first-order valence-corrected chi connectivity index (χ1v) is 17.8. The lowest BCUT2D eigenvalue weighted by Gasteiger charge is -2.51. The van der Waals surface area contributed by atoms with E-state index in [2.05, 4.69) is 15.3 Å². The molecular weight excluding hydrogens is 635 g/mol. The summed E-state index contributed by atoms with van der Waals surface area (Å²) in [6.07, 6.45) is -1.86. The van der Waals surface area contributed by atoms with Gasteiger partial charge in [0.05, 0.1) is 22.3 Å². The van der Waals surface area contributed by atoms with E-state index < -0.39 is 44.4 Å². The van der Waals surface area contributed by atoms with E-state index in [0.717, 1.165) is 19.8 Å². The van der Waals surface area contributed by atoms with Crippen molar-refractivity contribution in [2.45, 2.75) is 108 Å². The van der Waals surface area contributed by atoms with Crippen LogP contribution in [0.25, 0.3) is 0 Å². The fourth-order valence-corrected chi connectivity index (χ4v) is 9.22. The molecule has 0 radical (unpaired) electrons. The van der Waals surface area contributed by atoms with Crippen LogP contribution in [0.5, 0.6) is 0 Å². The van der Waals surface area contributed by atoms with Gasteiger partial charge >= 0.3 is 12.3 Å². The van der Waals surface area contributed by atoms with Crippen LogP contribution >= 0.6 is 0 Å². The van der Waals surface area contributed by atoms with Gasteiger partial charge in [-0.2, -0.15) is 18.2 Å². The summed E-state index contributed by atoms with van der Waals surface area (Å²) in [7, 11) is -3.62. The molecule has 1 spiro atoms. The summed E-state index contributed by atoms with van der Waals surface area (Å²) in [5.41, 5.74) is -2.90. The molecule has 262 valence electrons. The van der Waals surface area contributed by atoms with Crippen LogP contribution in [0.15, 0.2) is 33.1 Å². The van der Waals surface area contributed by atoms with Crippen LogP contribution in [0.4, 0.5) is 23.7 Å². The van der Waals surface area contributed by atoms with Gasteiger partial charge in [-0.15, -0.1) is 0 Å². The second-order valence-corrected chi connectivity index (χ2v) is 17.9. The predicted octanol–water partition coefficient (Wildman–Crippen LogP) is 5.79. The number of nitrogens with one attached hydrogen (secondary N) is 1. The van der Waals surface area contributed by atoms with Gasteiger partial charge in [0, 0.05) is 37.8 Å². The van der Waals surface area contributed by atoms with Crippen molar-refractivity contribution in [2.75, 3.05) is 38.0 Å². The quantitative estimate of drug-likeness (QED) is 0.412. The van der Waals surface area contributed by atoms with Gasteiger partial charge in [0.25, 0.3) is 0 Å². The van der Waals surface area contributed by atoms with Crippen molar-refractivity contribution >= 4 is 33.4 Å². The van der Waals surface area contributed by atoms with Gasteiger partial charge in [0.1, 0.15) is 16.9 Å². The first-order valence-electron chi connectivity index (χ1n) is 16.3. The molecule has 3 fully saturated rings. The summed E-state index contributed by atoms with van der Waals surface area (Å²) < 4.78 is 75.7. The lowest BCUT2D eigenvalue weighted by atomic mass is 9.63. The number of halogens is 3. The van der Waals surface area contributed by atoms with Gasteiger partial charge < -0.3 is 25.0 Å². The number of hydrogen-bond donors (Lipinski definition) is 2. The Hall–Kier alpha value is -2.87. The maximum atomic E-state index is 14.3. The molecule has 2 atom stereocenters. The smallest absolute Gasteiger partial charge is 0.410 e. The summed E-state index contributed by atoms with van der Waals surface area (Å²) in [6, 6.07) is 4.70. The Labute approximate surface area is 275 Å². The number of anilines is 1. The maximum Gasteiger partial charge on any atom is 0.410 e. The molecule has 4 aliphatic rings. The highest BCUT2D eigenvalue weighted by Crippen LogP contribution is 2.53. The number of carbonyl (C=O) groups is 1. The Morgan fingerprint density at radius 2 is 1.72 bits per heavy atom. The molecule has 1 aromatic carbocycles. The summed E-state index contributed by atoms with van der Waals surface area (Å²) >= 11 is 0. The van der Waals surface area contributed by atoms with E-state index in [1.54, 1.807) is 42.7 Å². The molecule has 2 saturated heterocycles. The van der Waals surface area contributed by atoms with Crippen molar-refractivity contribution in [1.29, 1.82) is 0 Å². The molecule has 3 aliphatic heterocycles. The summed E-state index contributed by atoms with van der Waals surface area (Å²) in [5, 5.41) is 13.0. The summed E-state index contributed by atoms with van der Waals surface area (Å²) in [4.78, 5) is 24.5. The third-order valence-corrected chi connectivity index (χ3v) is 12.5. The fourth-order valence-electron chi connectivity index (χ4n) is 7.09. The molecule has 1 aromatic rings. The summed E-state index contributed by atoms with van der Waals surface area (Å²) in [5.74, 6) is -0.321. The molecule has 1 aliphatic carbocycles. The second-order valence-electron chi connectivity index (χ2n) is 15.6. The topological polar surface area (TPSA) is 124 Å². The minimum absolute atomic E-state index is 0.0193. The van der Waals surface area contributed by atoms with E-state index in [-0.39, 0.29) is 40.7 Å². The van der Waals surface area contributed by atoms with E-state index in [0.29, 0.717) is 50.1 Å². The molecule has 1 unspecified atom stereocenters. The standard InChI is InChI=1S/C33H48F3N5O5S/c1-21-16-23(47(44,45)24-17-32(18-24)11-14-40(15-12-32)28(42)46-29(2,3)4)8-9-25(21)38-27-37-20-31(7,33(34,35)36)26(39-27)41-13-10-22(19-41)30(5,6)43/h8-9,16,22,24,43H,10-15,17-20H2,1-7H3,(H,37,38)/t22-,31?/m1/s1. The van der Waals surface area contributed by atoms with Crippen LogP contribution in [0.3, 0.4) is 0 Å². The molecule has 2 N–H and O–H groups in total. The van der Waals surface area contributed by atoms with Crippen molar-refractivity contribution in [3.8, 4) is 0 Å². The number of aliphatic hydroxyl groups is 1. The lowest BCUT2D eigenvalue weighted by Crippen LogP contribution is -2.54. The van der Waals surface area contributed by atoms with E-state index in [1.807, 2.05) is 20.8 Å². The molecule has 0 aromatic heterocycles. The first-order chi connectivity index (χ1) is 21.5. The normalized spacial score (nSPS) is 25.7. The van der Waals surface area contributed by atoms with Gasteiger partial charge in [-0.3, -0.25) is 0 Å².